The molecule has 1 N–H and O–H groups in total. The van der Waals surface area contributed by atoms with Gasteiger partial charge >= 0.3 is 6.01 Å². The second kappa shape index (κ2) is 7.82. The van der Waals surface area contributed by atoms with Crippen LogP contribution in [0.2, 0.25) is 5.02 Å². The third-order valence-corrected chi connectivity index (χ3v) is 8.24. The quantitative estimate of drug-likeness (QED) is 0.446. The molecule has 7 nitrogen and oxygen atoms in total. The molecule has 154 valence electrons. The monoisotopic (exact) mass is 461 g/mol. The first-order valence-corrected chi connectivity index (χ1v) is 11.7. The largest absolute Gasteiger partial charge is 0.403 e. The highest BCUT2D eigenvalue weighted by Gasteiger charge is 2.22. The lowest BCUT2D eigenvalue weighted by Gasteiger charge is -2.08. The van der Waals surface area contributed by atoms with Gasteiger partial charge in [-0.15, -0.1) is 16.4 Å². The smallest absolute Gasteiger partial charge is 0.322 e. The van der Waals surface area contributed by atoms with Crippen molar-refractivity contribution >= 4 is 54.8 Å². The van der Waals surface area contributed by atoms with Gasteiger partial charge in [0.05, 0.1) is 15.2 Å². The molecule has 1 amide bonds. The SMILES string of the molecule is CC(C)S(=O)(=O)c1cccc(-c2nnc(NC(=O)c3sc4ccccc4c3Cl)o2)c1. The van der Waals surface area contributed by atoms with Crippen LogP contribution in [0.3, 0.4) is 0 Å². The number of fused-ring (bicyclic) bond motifs is 1. The molecule has 0 radical (unpaired) electrons. The fourth-order valence-corrected chi connectivity index (χ4v) is 5.30. The van der Waals surface area contributed by atoms with E-state index >= 15 is 0 Å². The molecule has 4 aromatic rings. The number of aromatic nitrogens is 2. The number of nitrogens with one attached hydrogen (secondary N) is 1. The van der Waals surface area contributed by atoms with Gasteiger partial charge in [-0.1, -0.05) is 41.0 Å². The second-order valence-corrected chi connectivity index (χ2v) is 10.7. The van der Waals surface area contributed by atoms with Gasteiger partial charge in [0.25, 0.3) is 5.91 Å². The number of hydrogen-bond acceptors (Lipinski definition) is 7. The third-order valence-electron chi connectivity index (χ3n) is 4.42. The Balaban J connectivity index is 1.59. The number of hydrogen-bond donors (Lipinski definition) is 1. The van der Waals surface area contributed by atoms with Crippen LogP contribution < -0.4 is 5.32 Å². The molecule has 0 aliphatic carbocycles. The maximum absolute atomic E-state index is 12.6. The summed E-state index contributed by atoms with van der Waals surface area (Å²) in [5.74, 6) is -0.374. The Bertz CT molecular complexity index is 1360. The number of carbonyl (C=O) groups is 1. The van der Waals surface area contributed by atoms with Gasteiger partial charge in [0.1, 0.15) is 4.88 Å². The third kappa shape index (κ3) is 3.71. The Kier molecular flexibility index (Phi) is 5.35. The van der Waals surface area contributed by atoms with Crippen molar-refractivity contribution in [3.05, 3.63) is 58.4 Å². The number of rotatable bonds is 5. The van der Waals surface area contributed by atoms with Crippen molar-refractivity contribution in [2.45, 2.75) is 24.0 Å². The zero-order valence-corrected chi connectivity index (χ0v) is 18.3. The highest BCUT2D eigenvalue weighted by molar-refractivity contribution is 7.92. The molecular formula is C20H16ClN3O4S2. The average molecular weight is 462 g/mol. The van der Waals surface area contributed by atoms with Crippen molar-refractivity contribution in [3.8, 4) is 11.5 Å². The number of halogens is 1. The highest BCUT2D eigenvalue weighted by Crippen LogP contribution is 2.35. The van der Waals surface area contributed by atoms with E-state index in [1.807, 2.05) is 24.3 Å². The minimum absolute atomic E-state index is 0.0912. The van der Waals surface area contributed by atoms with E-state index < -0.39 is 21.0 Å². The lowest BCUT2D eigenvalue weighted by molar-refractivity contribution is 0.102. The van der Waals surface area contributed by atoms with Crippen LogP contribution in [0.4, 0.5) is 6.01 Å². The molecule has 0 aliphatic heterocycles. The zero-order valence-electron chi connectivity index (χ0n) is 15.9. The van der Waals surface area contributed by atoms with Crippen LogP contribution >= 0.6 is 22.9 Å². The summed E-state index contributed by atoms with van der Waals surface area (Å²) in [7, 11) is -3.45. The van der Waals surface area contributed by atoms with E-state index in [-0.39, 0.29) is 16.8 Å². The van der Waals surface area contributed by atoms with Crippen molar-refractivity contribution < 1.29 is 17.6 Å². The van der Waals surface area contributed by atoms with Gasteiger partial charge in [-0.3, -0.25) is 10.1 Å². The molecule has 0 saturated carbocycles. The lowest BCUT2D eigenvalue weighted by Crippen LogP contribution is -2.13. The van der Waals surface area contributed by atoms with Gasteiger partial charge in [0, 0.05) is 15.6 Å². The summed E-state index contributed by atoms with van der Waals surface area (Å²) in [6.07, 6.45) is 0. The summed E-state index contributed by atoms with van der Waals surface area (Å²) >= 11 is 7.59. The van der Waals surface area contributed by atoms with E-state index in [1.165, 1.54) is 23.5 Å². The Hall–Kier alpha value is -2.75. The van der Waals surface area contributed by atoms with Gasteiger partial charge in [0.15, 0.2) is 9.84 Å². The molecule has 0 fully saturated rings. The van der Waals surface area contributed by atoms with Crippen molar-refractivity contribution in [3.63, 3.8) is 0 Å². The molecule has 0 unspecified atom stereocenters. The first kappa shape index (κ1) is 20.5. The predicted molar refractivity (Wildman–Crippen MR) is 117 cm³/mol. The molecule has 0 bridgehead atoms. The van der Waals surface area contributed by atoms with Gasteiger partial charge in [-0.05, 0) is 38.1 Å². The molecule has 2 heterocycles. The van der Waals surface area contributed by atoms with E-state index in [1.54, 1.807) is 26.0 Å². The Labute approximate surface area is 181 Å². The Morgan fingerprint density at radius 2 is 1.90 bits per heavy atom. The molecular weight excluding hydrogens is 446 g/mol. The number of anilines is 1. The van der Waals surface area contributed by atoms with Gasteiger partial charge in [-0.2, -0.15) is 0 Å². The Morgan fingerprint density at radius 1 is 1.13 bits per heavy atom. The maximum Gasteiger partial charge on any atom is 0.322 e. The van der Waals surface area contributed by atoms with Crippen molar-refractivity contribution in [2.75, 3.05) is 5.32 Å². The summed E-state index contributed by atoms with van der Waals surface area (Å²) in [5.41, 5.74) is 0.435. The number of benzene rings is 2. The average Bonchev–Trinajstić information content (AvgIpc) is 3.33. The molecule has 0 saturated heterocycles. The van der Waals surface area contributed by atoms with Crippen LogP contribution in [0, 0.1) is 0 Å². The first-order chi connectivity index (χ1) is 14.3. The molecule has 10 heteroatoms. The van der Waals surface area contributed by atoms with Crippen LogP contribution in [-0.4, -0.2) is 29.8 Å². The van der Waals surface area contributed by atoms with Crippen molar-refractivity contribution in [2.24, 2.45) is 0 Å². The maximum atomic E-state index is 12.6. The summed E-state index contributed by atoms with van der Waals surface area (Å²) in [6.45, 7) is 3.23. The fraction of sp³-hybridized carbons (Fsp3) is 0.150. The van der Waals surface area contributed by atoms with E-state index in [0.717, 1.165) is 10.1 Å². The van der Waals surface area contributed by atoms with Crippen LogP contribution in [0.1, 0.15) is 23.5 Å². The molecule has 0 spiro atoms. The zero-order chi connectivity index (χ0) is 21.5. The first-order valence-electron chi connectivity index (χ1n) is 8.93. The van der Waals surface area contributed by atoms with E-state index in [9.17, 15) is 13.2 Å². The van der Waals surface area contributed by atoms with Crippen LogP contribution in [0.15, 0.2) is 57.8 Å². The van der Waals surface area contributed by atoms with Crippen LogP contribution in [0.5, 0.6) is 0 Å². The fourth-order valence-electron chi connectivity index (χ4n) is 2.78. The molecule has 0 atom stereocenters. The number of nitrogens with zero attached hydrogens (tertiary/aromatic N) is 2. The normalized spacial score (nSPS) is 11.9. The van der Waals surface area contributed by atoms with Crippen molar-refractivity contribution in [1.82, 2.24) is 10.2 Å². The molecule has 2 aromatic heterocycles. The topological polar surface area (TPSA) is 102 Å². The molecule has 30 heavy (non-hydrogen) atoms. The van der Waals surface area contributed by atoms with Crippen LogP contribution in [0.25, 0.3) is 21.5 Å². The van der Waals surface area contributed by atoms with E-state index in [4.69, 9.17) is 16.0 Å². The summed E-state index contributed by atoms with van der Waals surface area (Å²) < 4.78 is 31.2. The standard InChI is InChI=1S/C20H16ClN3O4S2/c1-11(2)30(26,27)13-7-5-6-12(10-13)19-23-24-20(28-19)22-18(25)17-16(21)14-8-3-4-9-15(14)29-17/h3-11H,1-2H3,(H,22,24,25). The Morgan fingerprint density at radius 3 is 2.63 bits per heavy atom. The highest BCUT2D eigenvalue weighted by atomic mass is 35.5. The number of thiophene rings is 1. The number of amides is 1. The summed E-state index contributed by atoms with van der Waals surface area (Å²) in [6, 6.07) is 13.6. The van der Waals surface area contributed by atoms with Gasteiger partial charge in [-0.25, -0.2) is 8.42 Å². The lowest BCUT2D eigenvalue weighted by atomic mass is 10.2. The van der Waals surface area contributed by atoms with Crippen LogP contribution in [-0.2, 0) is 9.84 Å². The summed E-state index contributed by atoms with van der Waals surface area (Å²) in [4.78, 5) is 13.1. The summed E-state index contributed by atoms with van der Waals surface area (Å²) in [5, 5.41) is 10.9. The second-order valence-electron chi connectivity index (χ2n) is 6.73. The number of carbonyl (C=O) groups excluding carboxylic acids is 1. The van der Waals surface area contributed by atoms with Crippen molar-refractivity contribution in [1.29, 1.82) is 0 Å². The minimum Gasteiger partial charge on any atom is -0.403 e. The molecule has 2 aromatic carbocycles. The van der Waals surface area contributed by atoms with Gasteiger partial charge < -0.3 is 4.42 Å². The van der Waals surface area contributed by atoms with E-state index in [2.05, 4.69) is 15.5 Å². The van der Waals surface area contributed by atoms with Gasteiger partial charge in [0.2, 0.25) is 5.89 Å². The molecule has 4 rings (SSSR count). The van der Waals surface area contributed by atoms with E-state index in [0.29, 0.717) is 15.5 Å². The number of sulfone groups is 1. The predicted octanol–water partition coefficient (Wildman–Crippen LogP) is 5.04. The minimum atomic E-state index is -3.45. The molecule has 0 aliphatic rings.